The first-order valence-electron chi connectivity index (χ1n) is 20.2. The van der Waals surface area contributed by atoms with Gasteiger partial charge in [-0.1, -0.05) is 98.3 Å². The predicted molar refractivity (Wildman–Crippen MR) is 226 cm³/mol. The molecule has 1 aromatic heterocycles. The molecule has 0 aliphatic carbocycles. The number of ether oxygens (including phenoxy) is 1. The van der Waals surface area contributed by atoms with E-state index in [-0.39, 0.29) is 18.5 Å². The standard InChI is InChI=1S/C42H62N8O5S/c1-8-10-11-12-13-14-15-16-17-18-19-20-27-55-37(52)29-36(51)44-33-23-21-32(22-24-33)40-46-41-38(39(42(4,5)6)47-50(41)48-40)45-35-26-25-34(28-31(35)3)49(9-2)30-43-56(7,53)54/h21-26,28,43H,8-20,27,29-30H2,1-7H3,(H,44,51). The summed E-state index contributed by atoms with van der Waals surface area (Å²) >= 11 is 0. The van der Waals surface area contributed by atoms with Crippen LogP contribution in [0, 0.1) is 12.3 Å². The maximum absolute atomic E-state index is 12.6. The molecule has 3 aromatic rings. The smallest absolute Gasteiger partial charge is 0.315 e. The molecule has 1 aliphatic rings. The minimum atomic E-state index is -3.33. The van der Waals surface area contributed by atoms with Gasteiger partial charge in [0, 0.05) is 28.9 Å². The summed E-state index contributed by atoms with van der Waals surface area (Å²) in [6, 6.07) is 12.9. The van der Waals surface area contributed by atoms with Crippen molar-refractivity contribution in [3.8, 4) is 11.4 Å². The van der Waals surface area contributed by atoms with Crippen LogP contribution in [0.15, 0.2) is 52.6 Å². The van der Waals surface area contributed by atoms with Crippen molar-refractivity contribution in [2.45, 2.75) is 125 Å². The Morgan fingerprint density at radius 1 is 0.893 bits per heavy atom. The van der Waals surface area contributed by atoms with E-state index in [1.807, 2.05) is 36.9 Å². The van der Waals surface area contributed by atoms with Crippen LogP contribution in [0.5, 0.6) is 0 Å². The van der Waals surface area contributed by atoms with E-state index in [2.05, 4.69) is 42.8 Å². The highest BCUT2D eigenvalue weighted by Crippen LogP contribution is 2.31. The molecule has 2 aromatic carbocycles. The number of nitrogens with zero attached hydrogens (tertiary/aromatic N) is 6. The summed E-state index contributed by atoms with van der Waals surface area (Å²) in [6.07, 6.45) is 15.6. The fourth-order valence-corrected chi connectivity index (χ4v) is 6.77. The Morgan fingerprint density at radius 2 is 1.52 bits per heavy atom. The maximum Gasteiger partial charge on any atom is 0.315 e. The largest absolute Gasteiger partial charge is 0.465 e. The summed E-state index contributed by atoms with van der Waals surface area (Å²) < 4.78 is 31.2. The van der Waals surface area contributed by atoms with Crippen LogP contribution < -0.4 is 14.9 Å². The summed E-state index contributed by atoms with van der Waals surface area (Å²) in [5.74, 6) is 0.00769. The maximum atomic E-state index is 12.6. The Kier molecular flexibility index (Phi) is 16.8. The van der Waals surface area contributed by atoms with Gasteiger partial charge < -0.3 is 15.0 Å². The number of benzene rings is 2. The number of nitrogens with one attached hydrogen (secondary N) is 2. The molecule has 56 heavy (non-hydrogen) atoms. The van der Waals surface area contributed by atoms with Crippen molar-refractivity contribution in [3.05, 3.63) is 53.9 Å². The Hall–Kier alpha value is -4.43. The van der Waals surface area contributed by atoms with E-state index in [4.69, 9.17) is 19.8 Å². The van der Waals surface area contributed by atoms with Crippen LogP contribution in [-0.2, 0) is 24.3 Å². The van der Waals surface area contributed by atoms with Gasteiger partial charge in [0.25, 0.3) is 0 Å². The minimum absolute atomic E-state index is 0.164. The van der Waals surface area contributed by atoms with Gasteiger partial charge in [0.15, 0.2) is 5.82 Å². The molecule has 0 saturated carbocycles. The molecule has 4 rings (SSSR count). The van der Waals surface area contributed by atoms with Crippen molar-refractivity contribution >= 4 is 50.4 Å². The average Bonchev–Trinajstić information content (AvgIpc) is 3.70. The lowest BCUT2D eigenvalue weighted by molar-refractivity contribution is -0.145. The number of aryl methyl sites for hydroxylation is 1. The number of anilines is 2. The van der Waals surface area contributed by atoms with Gasteiger partial charge in [0.2, 0.25) is 21.8 Å². The second kappa shape index (κ2) is 21.2. The number of fused-ring (bicyclic) bond motifs is 1. The van der Waals surface area contributed by atoms with Crippen LogP contribution in [-0.4, -0.2) is 72.7 Å². The summed E-state index contributed by atoms with van der Waals surface area (Å²) in [7, 11) is -3.33. The summed E-state index contributed by atoms with van der Waals surface area (Å²) in [4.78, 5) is 38.1. The third kappa shape index (κ3) is 13.9. The van der Waals surface area contributed by atoms with Gasteiger partial charge in [-0.3, -0.25) is 9.59 Å². The number of esters is 1. The molecule has 0 saturated heterocycles. The molecule has 13 nitrogen and oxygen atoms in total. The van der Waals surface area contributed by atoms with E-state index in [1.54, 1.807) is 24.3 Å². The molecule has 2 N–H and O–H groups in total. The van der Waals surface area contributed by atoms with Crippen molar-refractivity contribution < 1.29 is 22.7 Å². The van der Waals surface area contributed by atoms with Crippen molar-refractivity contribution in [1.82, 2.24) is 19.6 Å². The van der Waals surface area contributed by atoms with Crippen LogP contribution in [0.4, 0.5) is 17.1 Å². The molecule has 0 unspecified atom stereocenters. The highest BCUT2D eigenvalue weighted by Gasteiger charge is 2.35. The number of amides is 1. The molecule has 0 bridgehead atoms. The van der Waals surface area contributed by atoms with Gasteiger partial charge in [-0.2, -0.15) is 9.82 Å². The zero-order valence-corrected chi connectivity index (χ0v) is 35.3. The molecule has 0 spiro atoms. The molecular weight excluding hydrogens is 729 g/mol. The molecular formula is C42H62N8O5S. The zero-order chi connectivity index (χ0) is 40.7. The third-order valence-electron chi connectivity index (χ3n) is 9.60. The van der Waals surface area contributed by atoms with Crippen molar-refractivity contribution in [1.29, 1.82) is 0 Å². The van der Waals surface area contributed by atoms with E-state index in [9.17, 15) is 18.0 Å². The van der Waals surface area contributed by atoms with Crippen molar-refractivity contribution in [3.63, 3.8) is 0 Å². The van der Waals surface area contributed by atoms with Gasteiger partial charge in [-0.25, -0.2) is 18.4 Å². The number of hydrogen-bond donors (Lipinski definition) is 2. The number of unbranched alkanes of at least 4 members (excludes halogenated alkanes) is 11. The SMILES string of the molecule is CCCCCCCCCCCCCCOC(=O)CC(=O)Nc1ccc(-c2nc3n(n2)N=C(C(C)(C)C)C3=Nc2ccc(N(CC)CNS(C)(=O)=O)cc2C)cc1. The van der Waals surface area contributed by atoms with Crippen molar-refractivity contribution in [2.75, 3.05) is 36.3 Å². The van der Waals surface area contributed by atoms with E-state index in [0.717, 1.165) is 53.7 Å². The summed E-state index contributed by atoms with van der Waals surface area (Å²) in [5.41, 5.74) is 4.81. The average molecular weight is 791 g/mol. The number of sulfonamides is 1. The second-order valence-electron chi connectivity index (χ2n) is 15.6. The summed E-state index contributed by atoms with van der Waals surface area (Å²) in [6.45, 7) is 13.5. The lowest BCUT2D eigenvalue weighted by atomic mass is 9.87. The van der Waals surface area contributed by atoms with E-state index < -0.39 is 21.9 Å². The van der Waals surface area contributed by atoms with Crippen LogP contribution in [0.3, 0.4) is 0 Å². The number of aromatic nitrogens is 3. The molecule has 2 heterocycles. The Balaban J connectivity index is 1.29. The fraction of sp³-hybridized carbons (Fsp3) is 0.571. The normalized spacial score (nSPS) is 13.5. The van der Waals surface area contributed by atoms with Crippen LogP contribution in [0.1, 0.15) is 129 Å². The lowest BCUT2D eigenvalue weighted by Gasteiger charge is -2.24. The Labute approximate surface area is 333 Å². The molecule has 0 radical (unpaired) electrons. The van der Waals surface area contributed by atoms with E-state index in [1.165, 1.54) is 62.6 Å². The lowest BCUT2D eigenvalue weighted by Crippen LogP contribution is -2.37. The highest BCUT2D eigenvalue weighted by atomic mass is 32.2. The predicted octanol–water partition coefficient (Wildman–Crippen LogP) is 8.54. The zero-order valence-electron chi connectivity index (χ0n) is 34.5. The van der Waals surface area contributed by atoms with Crippen LogP contribution in [0.25, 0.3) is 11.4 Å². The first kappa shape index (κ1) is 44.3. The second-order valence-corrected chi connectivity index (χ2v) is 17.5. The number of carbonyl (C=O) groups is 2. The molecule has 1 aliphatic heterocycles. The quantitative estimate of drug-likeness (QED) is 0.0418. The molecule has 1 amide bonds. The fourth-order valence-electron chi connectivity index (χ4n) is 6.38. The van der Waals surface area contributed by atoms with Gasteiger partial charge in [0.05, 0.1) is 30.9 Å². The molecule has 14 heteroatoms. The monoisotopic (exact) mass is 790 g/mol. The minimum Gasteiger partial charge on any atom is -0.465 e. The molecule has 0 atom stereocenters. The van der Waals surface area contributed by atoms with Gasteiger partial charge in [0.1, 0.15) is 12.1 Å². The number of carbonyl (C=O) groups excluding carboxylic acids is 2. The van der Waals surface area contributed by atoms with Gasteiger partial charge in [-0.05, 0) is 68.3 Å². The van der Waals surface area contributed by atoms with Gasteiger partial charge >= 0.3 is 5.97 Å². The molecule has 306 valence electrons. The van der Waals surface area contributed by atoms with Crippen molar-refractivity contribution in [2.24, 2.45) is 15.5 Å². The van der Waals surface area contributed by atoms with Gasteiger partial charge in [-0.15, -0.1) is 9.89 Å². The van der Waals surface area contributed by atoms with E-state index in [0.29, 0.717) is 36.2 Å². The topological polar surface area (TPSA) is 160 Å². The van der Waals surface area contributed by atoms with E-state index >= 15 is 0 Å². The highest BCUT2D eigenvalue weighted by molar-refractivity contribution is 7.88. The number of hydrogen-bond acceptors (Lipinski definition) is 10. The Morgan fingerprint density at radius 3 is 2.09 bits per heavy atom. The first-order chi connectivity index (χ1) is 26.7. The molecule has 0 fully saturated rings. The summed E-state index contributed by atoms with van der Waals surface area (Å²) in [5, 5.41) is 12.2. The Bertz CT molecular complexity index is 1930. The first-order valence-corrected chi connectivity index (χ1v) is 22.1. The van der Waals surface area contributed by atoms with Crippen LogP contribution >= 0.6 is 0 Å². The third-order valence-corrected chi connectivity index (χ3v) is 10.3. The van der Waals surface area contributed by atoms with Crippen LogP contribution in [0.2, 0.25) is 0 Å². The number of rotatable bonds is 23. The number of aliphatic imine (C=N–C) groups is 1.